The number of para-hydroxylation sites is 1. The van der Waals surface area contributed by atoms with E-state index < -0.39 is 0 Å². The molecule has 1 aromatic carbocycles. The highest BCUT2D eigenvalue weighted by atomic mass is 16.3. The van der Waals surface area contributed by atoms with Gasteiger partial charge in [0.2, 0.25) is 0 Å². The van der Waals surface area contributed by atoms with E-state index in [0.29, 0.717) is 56.4 Å². The minimum atomic E-state index is -0.198. The molecule has 2 atom stereocenters. The lowest BCUT2D eigenvalue weighted by atomic mass is 10.1. The molecule has 2 unspecified atom stereocenters. The van der Waals surface area contributed by atoms with E-state index in [9.17, 15) is 15.0 Å². The van der Waals surface area contributed by atoms with Crippen molar-refractivity contribution in [3.05, 3.63) is 47.4 Å². The van der Waals surface area contributed by atoms with E-state index >= 15 is 0 Å². The molecule has 0 spiro atoms. The number of piperazine rings is 2. The zero-order valence-electron chi connectivity index (χ0n) is 17.5. The number of nitrogens with two attached hydrogens (primary N) is 2. The fourth-order valence-electron chi connectivity index (χ4n) is 4.45. The number of phenolic OH excluding ortho intramolecular Hbond substituents is 1. The van der Waals surface area contributed by atoms with Gasteiger partial charge in [0.05, 0.1) is 24.4 Å². The third-order valence-electron chi connectivity index (χ3n) is 6.18. The number of phenols is 1. The molecule has 10 heteroatoms. The van der Waals surface area contributed by atoms with Gasteiger partial charge in [-0.05, 0) is 18.2 Å². The monoisotopic (exact) mass is 429 g/mol. The summed E-state index contributed by atoms with van der Waals surface area (Å²) in [6.45, 7) is 4.21. The molecule has 3 heterocycles. The number of carbonyl (C=O) groups excluding carboxylic acids is 1. The van der Waals surface area contributed by atoms with Crippen LogP contribution in [0.3, 0.4) is 0 Å². The number of urea groups is 1. The Bertz CT molecular complexity index is 887. The molecule has 31 heavy (non-hydrogen) atoms. The normalized spacial score (nSPS) is 24.7. The number of hydrogen-bond acceptors (Lipinski definition) is 8. The maximum Gasteiger partial charge on any atom is 0.320 e. The highest BCUT2D eigenvalue weighted by Gasteiger charge is 2.37. The smallest absolute Gasteiger partial charge is 0.320 e. The van der Waals surface area contributed by atoms with Crippen molar-refractivity contribution in [2.75, 3.05) is 52.4 Å². The van der Waals surface area contributed by atoms with Crippen molar-refractivity contribution in [1.82, 2.24) is 25.3 Å². The third kappa shape index (κ3) is 4.21. The van der Waals surface area contributed by atoms with Crippen LogP contribution in [-0.4, -0.2) is 95.4 Å². The van der Waals surface area contributed by atoms with Crippen LogP contribution < -0.4 is 22.1 Å². The van der Waals surface area contributed by atoms with Gasteiger partial charge in [0.25, 0.3) is 0 Å². The molecule has 0 bridgehead atoms. The molecule has 1 aromatic rings. The Morgan fingerprint density at radius 3 is 2.81 bits per heavy atom. The van der Waals surface area contributed by atoms with Gasteiger partial charge in [0.15, 0.2) is 0 Å². The number of carbonyl (C=O) groups is 1. The van der Waals surface area contributed by atoms with Crippen LogP contribution in [0.1, 0.15) is 5.56 Å². The first-order chi connectivity index (χ1) is 15.0. The van der Waals surface area contributed by atoms with E-state index in [1.54, 1.807) is 29.2 Å². The molecular weight excluding hydrogens is 398 g/mol. The van der Waals surface area contributed by atoms with Gasteiger partial charge in [0, 0.05) is 57.1 Å². The van der Waals surface area contributed by atoms with Crippen molar-refractivity contribution in [3.8, 4) is 5.75 Å². The number of amides is 2. The first-order valence-corrected chi connectivity index (χ1v) is 10.6. The van der Waals surface area contributed by atoms with Gasteiger partial charge in [0.1, 0.15) is 11.6 Å². The van der Waals surface area contributed by atoms with Crippen LogP contribution in [0, 0.1) is 0 Å². The highest BCUT2D eigenvalue weighted by Crippen LogP contribution is 2.27. The van der Waals surface area contributed by atoms with Crippen LogP contribution in [-0.2, 0) is 0 Å². The van der Waals surface area contributed by atoms with Crippen LogP contribution in [0.2, 0.25) is 0 Å². The molecule has 0 radical (unpaired) electrons. The number of rotatable bonds is 3. The van der Waals surface area contributed by atoms with Crippen molar-refractivity contribution in [1.29, 1.82) is 0 Å². The second kappa shape index (κ2) is 8.94. The van der Waals surface area contributed by atoms with E-state index in [1.807, 2.05) is 11.0 Å². The summed E-state index contributed by atoms with van der Waals surface area (Å²) in [5.74, 6) is 0.637. The standard InChI is InChI=1S/C21H31N7O3/c22-17(16-3-1-2-4-19(16)30)9-18-20(23)25-11-14-12-26(7-8-27(14)18)21(31)28-6-5-24-10-15(28)13-29/h1-4,9,14-15,24-25,29-30H,5-8,10-13,22-23H2/b17-9-. The third-order valence-corrected chi connectivity index (χ3v) is 6.18. The van der Waals surface area contributed by atoms with E-state index in [-0.39, 0.29) is 30.5 Å². The molecule has 168 valence electrons. The molecule has 2 amide bonds. The summed E-state index contributed by atoms with van der Waals surface area (Å²) in [4.78, 5) is 18.9. The molecular formula is C21H31N7O3. The summed E-state index contributed by atoms with van der Waals surface area (Å²) in [7, 11) is 0. The highest BCUT2D eigenvalue weighted by molar-refractivity contribution is 5.75. The zero-order chi connectivity index (χ0) is 22.0. The second-order valence-electron chi connectivity index (χ2n) is 8.11. The number of hydrogen-bond donors (Lipinski definition) is 6. The summed E-state index contributed by atoms with van der Waals surface area (Å²) in [5, 5.41) is 26.2. The fourth-order valence-corrected chi connectivity index (χ4v) is 4.45. The molecule has 0 aromatic heterocycles. The summed E-state index contributed by atoms with van der Waals surface area (Å²) < 4.78 is 0. The molecule has 2 fully saturated rings. The molecule has 8 N–H and O–H groups in total. The number of aliphatic hydroxyl groups excluding tert-OH is 1. The fraction of sp³-hybridized carbons (Fsp3) is 0.476. The van der Waals surface area contributed by atoms with E-state index in [4.69, 9.17) is 11.5 Å². The predicted molar refractivity (Wildman–Crippen MR) is 117 cm³/mol. The van der Waals surface area contributed by atoms with E-state index in [2.05, 4.69) is 15.5 Å². The predicted octanol–water partition coefficient (Wildman–Crippen LogP) is -1.20. The Morgan fingerprint density at radius 1 is 1.23 bits per heavy atom. The van der Waals surface area contributed by atoms with Gasteiger partial charge < -0.3 is 47.0 Å². The van der Waals surface area contributed by atoms with Gasteiger partial charge in [-0.25, -0.2) is 4.79 Å². The van der Waals surface area contributed by atoms with Crippen molar-refractivity contribution >= 4 is 11.7 Å². The molecule has 3 aliphatic rings. The lowest BCUT2D eigenvalue weighted by Gasteiger charge is -2.48. The summed E-state index contributed by atoms with van der Waals surface area (Å²) >= 11 is 0. The van der Waals surface area contributed by atoms with E-state index in [0.717, 1.165) is 12.2 Å². The maximum absolute atomic E-state index is 13.1. The quantitative estimate of drug-likeness (QED) is 0.352. The summed E-state index contributed by atoms with van der Waals surface area (Å²) in [5.41, 5.74) is 14.2. The number of nitrogens with one attached hydrogen (secondary N) is 2. The van der Waals surface area contributed by atoms with Crippen molar-refractivity contribution in [3.63, 3.8) is 0 Å². The van der Waals surface area contributed by atoms with Crippen molar-refractivity contribution in [2.24, 2.45) is 11.5 Å². The molecule has 2 saturated heterocycles. The van der Waals surface area contributed by atoms with Gasteiger partial charge in [-0.2, -0.15) is 0 Å². The molecule has 0 saturated carbocycles. The molecule has 4 rings (SSSR count). The Kier molecular flexibility index (Phi) is 6.10. The second-order valence-corrected chi connectivity index (χ2v) is 8.11. The lowest BCUT2D eigenvalue weighted by molar-refractivity contribution is 0.0627. The minimum absolute atomic E-state index is 0.0338. The van der Waals surface area contributed by atoms with Crippen LogP contribution in [0.4, 0.5) is 4.79 Å². The topological polar surface area (TPSA) is 143 Å². The summed E-state index contributed by atoms with van der Waals surface area (Å²) in [6, 6.07) is 6.72. The Morgan fingerprint density at radius 2 is 2.03 bits per heavy atom. The molecule has 0 aliphatic carbocycles. The number of aliphatic hydroxyl groups is 1. The molecule has 10 nitrogen and oxygen atoms in total. The first-order valence-electron chi connectivity index (χ1n) is 10.6. The number of allylic oxidation sites excluding steroid dienone is 1. The Hall–Kier alpha value is -3.11. The number of nitrogens with zero attached hydrogens (tertiary/aromatic N) is 3. The number of aromatic hydroxyl groups is 1. The van der Waals surface area contributed by atoms with Crippen LogP contribution in [0.25, 0.3) is 5.70 Å². The largest absolute Gasteiger partial charge is 0.507 e. The first kappa shape index (κ1) is 21.1. The van der Waals surface area contributed by atoms with Crippen molar-refractivity contribution in [2.45, 2.75) is 12.1 Å². The van der Waals surface area contributed by atoms with Gasteiger partial charge in [-0.1, -0.05) is 12.1 Å². The lowest BCUT2D eigenvalue weighted by Crippen LogP contribution is -2.64. The van der Waals surface area contributed by atoms with Gasteiger partial charge in [-0.15, -0.1) is 0 Å². The van der Waals surface area contributed by atoms with Crippen molar-refractivity contribution < 1.29 is 15.0 Å². The van der Waals surface area contributed by atoms with Gasteiger partial charge in [-0.3, -0.25) is 0 Å². The van der Waals surface area contributed by atoms with Crippen LogP contribution in [0.5, 0.6) is 5.75 Å². The Balaban J connectivity index is 1.50. The maximum atomic E-state index is 13.1. The average molecular weight is 430 g/mol. The zero-order valence-corrected chi connectivity index (χ0v) is 17.5. The number of benzene rings is 1. The average Bonchev–Trinajstić information content (AvgIpc) is 2.80. The SMILES string of the molecule is NC1=C(/C=C(\N)c2ccccc2O)N2CCN(C(=O)N3CCNCC3CO)CC2CN1. The van der Waals surface area contributed by atoms with Gasteiger partial charge >= 0.3 is 6.03 Å². The Labute approximate surface area is 181 Å². The van der Waals surface area contributed by atoms with E-state index in [1.165, 1.54) is 0 Å². The number of fused-ring (bicyclic) bond motifs is 1. The van der Waals surface area contributed by atoms with Crippen LogP contribution >= 0.6 is 0 Å². The molecule has 3 aliphatic heterocycles. The van der Waals surface area contributed by atoms with Crippen LogP contribution in [0.15, 0.2) is 41.9 Å². The minimum Gasteiger partial charge on any atom is -0.507 e. The summed E-state index contributed by atoms with van der Waals surface area (Å²) in [6.07, 6.45) is 1.78.